The van der Waals surface area contributed by atoms with Gasteiger partial charge in [0, 0.05) is 17.1 Å². The molecule has 0 bridgehead atoms. The van der Waals surface area contributed by atoms with E-state index in [1.165, 1.54) is 0 Å². The summed E-state index contributed by atoms with van der Waals surface area (Å²) in [7, 11) is -3.16. The zero-order valence-corrected chi connectivity index (χ0v) is 17.0. The van der Waals surface area contributed by atoms with Crippen LogP contribution < -0.4 is 4.90 Å². The molecule has 2 amide bonds. The first-order valence-corrected chi connectivity index (χ1v) is 11.9. The molecule has 0 saturated carbocycles. The van der Waals surface area contributed by atoms with Crippen LogP contribution in [0.2, 0.25) is 0 Å². The number of nitrogens with zero attached hydrogens (tertiary/aromatic N) is 2. The summed E-state index contributed by atoms with van der Waals surface area (Å²) in [4.78, 5) is 17.8. The maximum absolute atomic E-state index is 13.3. The Balaban J connectivity index is 1.73. The topological polar surface area (TPSA) is 57.7 Å². The lowest BCUT2D eigenvalue weighted by atomic mass is 10.1. The van der Waals surface area contributed by atoms with Gasteiger partial charge in [0.15, 0.2) is 9.84 Å². The SMILES string of the molecule is CSc1cccc(N2C(=O)N(Cc3ccccc3C)[C@@H]3CS(=O)(=O)C[C@@H]32)c1. The molecule has 2 fully saturated rings. The second kappa shape index (κ2) is 6.87. The Labute approximate surface area is 164 Å². The predicted molar refractivity (Wildman–Crippen MR) is 109 cm³/mol. The van der Waals surface area contributed by atoms with Crippen molar-refractivity contribution in [3.8, 4) is 0 Å². The summed E-state index contributed by atoms with van der Waals surface area (Å²) in [5.74, 6) is 0.0607. The molecule has 2 saturated heterocycles. The number of carbonyl (C=O) groups excluding carboxylic acids is 1. The predicted octanol–water partition coefficient (Wildman–Crippen LogP) is 3.32. The highest BCUT2D eigenvalue weighted by atomic mass is 32.2. The minimum Gasteiger partial charge on any atom is -0.314 e. The fourth-order valence-electron chi connectivity index (χ4n) is 4.00. The van der Waals surface area contributed by atoms with Crippen molar-refractivity contribution >= 4 is 33.3 Å². The minimum atomic E-state index is -3.16. The Bertz CT molecular complexity index is 990. The third-order valence-electron chi connectivity index (χ3n) is 5.41. The molecule has 0 aromatic heterocycles. The van der Waals surface area contributed by atoms with Gasteiger partial charge in [-0.2, -0.15) is 0 Å². The number of urea groups is 1. The van der Waals surface area contributed by atoms with Crippen LogP contribution in [-0.4, -0.2) is 49.2 Å². The number of anilines is 1. The van der Waals surface area contributed by atoms with Gasteiger partial charge in [0.25, 0.3) is 0 Å². The molecule has 0 spiro atoms. The highest BCUT2D eigenvalue weighted by molar-refractivity contribution is 7.98. The molecule has 2 atom stereocenters. The molecule has 0 N–H and O–H groups in total. The van der Waals surface area contributed by atoms with Gasteiger partial charge in [-0.05, 0) is 42.5 Å². The van der Waals surface area contributed by atoms with Crippen LogP contribution in [0.5, 0.6) is 0 Å². The summed E-state index contributed by atoms with van der Waals surface area (Å²) >= 11 is 1.60. The largest absolute Gasteiger partial charge is 0.325 e. The molecule has 0 radical (unpaired) electrons. The van der Waals surface area contributed by atoms with E-state index in [0.29, 0.717) is 6.54 Å². The number of benzene rings is 2. The van der Waals surface area contributed by atoms with E-state index in [1.54, 1.807) is 21.6 Å². The lowest BCUT2D eigenvalue weighted by Gasteiger charge is -2.23. The molecule has 2 heterocycles. The summed E-state index contributed by atoms with van der Waals surface area (Å²) < 4.78 is 24.7. The Morgan fingerprint density at radius 3 is 2.56 bits per heavy atom. The molecule has 2 aliphatic heterocycles. The molecule has 0 unspecified atom stereocenters. The standard InChI is InChI=1S/C20H22N2O3S2/c1-14-6-3-4-7-15(14)11-21-18-12-27(24,25)13-19(18)22(20(21)23)16-8-5-9-17(10-16)26-2/h3-10,18-19H,11-13H2,1-2H3/t18-,19+/m1/s1. The van der Waals surface area contributed by atoms with Gasteiger partial charge in [0.2, 0.25) is 0 Å². The zero-order chi connectivity index (χ0) is 19.2. The third kappa shape index (κ3) is 3.34. The first-order valence-electron chi connectivity index (χ1n) is 8.88. The number of carbonyl (C=O) groups is 1. The van der Waals surface area contributed by atoms with Crippen molar-refractivity contribution < 1.29 is 13.2 Å². The number of aryl methyl sites for hydroxylation is 1. The van der Waals surface area contributed by atoms with E-state index in [0.717, 1.165) is 21.7 Å². The van der Waals surface area contributed by atoms with E-state index in [1.807, 2.05) is 61.7 Å². The van der Waals surface area contributed by atoms with Crippen LogP contribution in [0, 0.1) is 6.92 Å². The van der Waals surface area contributed by atoms with Crippen LogP contribution in [0.3, 0.4) is 0 Å². The molecule has 5 nitrogen and oxygen atoms in total. The van der Waals surface area contributed by atoms with E-state index in [4.69, 9.17) is 0 Å². The highest BCUT2D eigenvalue weighted by Gasteiger charge is 2.53. The van der Waals surface area contributed by atoms with Crippen LogP contribution in [0.4, 0.5) is 10.5 Å². The molecule has 2 aliphatic rings. The summed E-state index contributed by atoms with van der Waals surface area (Å²) in [6.07, 6.45) is 1.98. The van der Waals surface area contributed by atoms with Crippen molar-refractivity contribution in [3.05, 3.63) is 59.7 Å². The maximum atomic E-state index is 13.3. The molecular weight excluding hydrogens is 380 g/mol. The fraction of sp³-hybridized carbons (Fsp3) is 0.350. The summed E-state index contributed by atoms with van der Waals surface area (Å²) in [6.45, 7) is 2.44. The lowest BCUT2D eigenvalue weighted by Crippen LogP contribution is -2.37. The monoisotopic (exact) mass is 402 g/mol. The number of thioether (sulfide) groups is 1. The lowest BCUT2D eigenvalue weighted by molar-refractivity contribution is 0.205. The maximum Gasteiger partial charge on any atom is 0.325 e. The molecule has 0 aliphatic carbocycles. The number of fused-ring (bicyclic) bond motifs is 1. The minimum absolute atomic E-state index is 0.0250. The Morgan fingerprint density at radius 1 is 1.07 bits per heavy atom. The van der Waals surface area contributed by atoms with E-state index in [9.17, 15) is 13.2 Å². The Hall–Kier alpha value is -1.99. The second-order valence-corrected chi connectivity index (χ2v) is 10.2. The van der Waals surface area contributed by atoms with Gasteiger partial charge in [0.1, 0.15) is 0 Å². The van der Waals surface area contributed by atoms with Crippen LogP contribution >= 0.6 is 11.8 Å². The van der Waals surface area contributed by atoms with Gasteiger partial charge in [-0.15, -0.1) is 11.8 Å². The molecule has 4 rings (SSSR count). The van der Waals surface area contributed by atoms with Crippen LogP contribution in [0.25, 0.3) is 0 Å². The van der Waals surface area contributed by atoms with Gasteiger partial charge in [-0.3, -0.25) is 4.90 Å². The average Bonchev–Trinajstić information content (AvgIpc) is 3.07. The summed E-state index contributed by atoms with van der Waals surface area (Å²) in [5.41, 5.74) is 2.92. The van der Waals surface area contributed by atoms with Crippen molar-refractivity contribution in [1.29, 1.82) is 0 Å². The van der Waals surface area contributed by atoms with Gasteiger partial charge < -0.3 is 4.90 Å². The highest BCUT2D eigenvalue weighted by Crippen LogP contribution is 2.37. The van der Waals surface area contributed by atoms with Crippen molar-refractivity contribution in [2.75, 3.05) is 22.7 Å². The zero-order valence-electron chi connectivity index (χ0n) is 15.3. The number of sulfone groups is 1. The van der Waals surface area contributed by atoms with E-state index in [2.05, 4.69) is 0 Å². The van der Waals surface area contributed by atoms with Crippen molar-refractivity contribution in [1.82, 2.24) is 4.90 Å². The van der Waals surface area contributed by atoms with Crippen molar-refractivity contribution in [2.24, 2.45) is 0 Å². The molecular formula is C20H22N2O3S2. The quantitative estimate of drug-likeness (QED) is 0.581. The first kappa shape index (κ1) is 18.4. The van der Waals surface area contributed by atoms with Crippen LogP contribution in [-0.2, 0) is 16.4 Å². The second-order valence-electron chi connectivity index (χ2n) is 7.12. The first-order chi connectivity index (χ1) is 12.9. The van der Waals surface area contributed by atoms with Crippen LogP contribution in [0.15, 0.2) is 53.4 Å². The molecule has 7 heteroatoms. The normalized spacial score (nSPS) is 23.7. The van der Waals surface area contributed by atoms with Gasteiger partial charge in [0.05, 0.1) is 23.6 Å². The average molecular weight is 403 g/mol. The summed E-state index contributed by atoms with van der Waals surface area (Å²) in [6, 6.07) is 14.9. The van der Waals surface area contributed by atoms with Gasteiger partial charge >= 0.3 is 6.03 Å². The van der Waals surface area contributed by atoms with Crippen molar-refractivity contribution in [2.45, 2.75) is 30.4 Å². The van der Waals surface area contributed by atoms with E-state index >= 15 is 0 Å². The number of rotatable bonds is 4. The molecule has 2 aromatic rings. The van der Waals surface area contributed by atoms with Crippen LogP contribution in [0.1, 0.15) is 11.1 Å². The van der Waals surface area contributed by atoms with E-state index in [-0.39, 0.29) is 29.6 Å². The van der Waals surface area contributed by atoms with Gasteiger partial charge in [-0.25, -0.2) is 13.2 Å². The smallest absolute Gasteiger partial charge is 0.314 e. The summed E-state index contributed by atoms with van der Waals surface area (Å²) in [5, 5.41) is 0. The Kier molecular flexibility index (Phi) is 4.68. The van der Waals surface area contributed by atoms with E-state index < -0.39 is 9.84 Å². The fourth-order valence-corrected chi connectivity index (χ4v) is 6.40. The van der Waals surface area contributed by atoms with Crippen molar-refractivity contribution in [3.63, 3.8) is 0 Å². The number of hydrogen-bond donors (Lipinski definition) is 0. The molecule has 2 aromatic carbocycles. The molecule has 142 valence electrons. The number of amides is 2. The third-order valence-corrected chi connectivity index (χ3v) is 7.83. The Morgan fingerprint density at radius 2 is 1.81 bits per heavy atom. The molecule has 27 heavy (non-hydrogen) atoms. The number of hydrogen-bond acceptors (Lipinski definition) is 4. The van der Waals surface area contributed by atoms with Gasteiger partial charge in [-0.1, -0.05) is 30.3 Å².